The Morgan fingerprint density at radius 2 is 1.93 bits per heavy atom. The minimum Gasteiger partial charge on any atom is -0.393 e. The molecule has 144 valence electrons. The Kier molecular flexibility index (Phi) is 4.50. The molecule has 5 rings (SSSR count). The predicted octanol–water partition coefficient (Wildman–Crippen LogP) is 3.19. The molecule has 6 heteroatoms. The summed E-state index contributed by atoms with van der Waals surface area (Å²) in [7, 11) is 0. The van der Waals surface area contributed by atoms with Crippen LogP contribution in [0.5, 0.6) is 0 Å². The molecule has 3 heterocycles. The monoisotopic (exact) mass is 369 g/mol. The number of aliphatic hydroxyl groups excluding tert-OH is 1. The first-order valence-corrected chi connectivity index (χ1v) is 10.1. The molecule has 2 aromatic rings. The first kappa shape index (κ1) is 17.3. The molecule has 3 aliphatic rings. The number of likely N-dealkylation sites (tertiary alicyclic amines) is 1. The second kappa shape index (κ2) is 7.00. The molecule has 6 nitrogen and oxygen atoms in total. The molecule has 1 saturated carbocycles. The van der Waals surface area contributed by atoms with Crippen LogP contribution < -0.4 is 0 Å². The maximum atomic E-state index is 10.5. The van der Waals surface area contributed by atoms with Gasteiger partial charge in [-0.2, -0.15) is 4.98 Å². The average Bonchev–Trinajstić information content (AvgIpc) is 3.43. The molecule has 27 heavy (non-hydrogen) atoms. The van der Waals surface area contributed by atoms with Crippen molar-refractivity contribution in [3.63, 3.8) is 0 Å². The summed E-state index contributed by atoms with van der Waals surface area (Å²) in [4.78, 5) is 6.91. The molecule has 0 radical (unpaired) electrons. The molecule has 2 aliphatic heterocycles. The zero-order valence-electron chi connectivity index (χ0n) is 15.6. The van der Waals surface area contributed by atoms with Gasteiger partial charge in [0.2, 0.25) is 5.89 Å². The number of hydrogen-bond acceptors (Lipinski definition) is 6. The van der Waals surface area contributed by atoms with E-state index in [0.717, 1.165) is 56.2 Å². The van der Waals surface area contributed by atoms with Crippen molar-refractivity contribution < 1.29 is 14.4 Å². The summed E-state index contributed by atoms with van der Waals surface area (Å²) in [6, 6.07) is 10.3. The number of hydrogen-bond donors (Lipinski definition) is 1. The Morgan fingerprint density at radius 3 is 2.67 bits per heavy atom. The van der Waals surface area contributed by atoms with Gasteiger partial charge in [-0.15, -0.1) is 0 Å². The fourth-order valence-corrected chi connectivity index (χ4v) is 4.50. The highest BCUT2D eigenvalue weighted by Gasteiger charge is 2.43. The molecule has 2 atom stereocenters. The SMILES string of the molecule is O[C@@H]1C[C@H](c2ccccc2)OC2(CCN(Cc3noc(C4CC4)n3)CC2)C1. The molecule has 1 aromatic carbocycles. The first-order chi connectivity index (χ1) is 13.2. The number of aliphatic hydroxyl groups is 1. The van der Waals surface area contributed by atoms with Crippen LogP contribution in [0.4, 0.5) is 0 Å². The number of rotatable bonds is 4. The predicted molar refractivity (Wildman–Crippen MR) is 99.0 cm³/mol. The van der Waals surface area contributed by atoms with Crippen LogP contribution in [0.2, 0.25) is 0 Å². The first-order valence-electron chi connectivity index (χ1n) is 10.1. The number of piperidine rings is 1. The van der Waals surface area contributed by atoms with Gasteiger partial charge in [-0.05, 0) is 31.2 Å². The summed E-state index contributed by atoms with van der Waals surface area (Å²) in [5, 5.41) is 14.6. The van der Waals surface area contributed by atoms with Crippen LogP contribution in [0.1, 0.15) is 67.8 Å². The van der Waals surface area contributed by atoms with Crippen LogP contribution >= 0.6 is 0 Å². The normalized spacial score (nSPS) is 28.5. The number of benzene rings is 1. The molecule has 0 bridgehead atoms. The second-order valence-electron chi connectivity index (χ2n) is 8.39. The summed E-state index contributed by atoms with van der Waals surface area (Å²) in [5.74, 6) is 2.10. The quantitative estimate of drug-likeness (QED) is 0.892. The Morgan fingerprint density at radius 1 is 1.15 bits per heavy atom. The molecule has 1 N–H and O–H groups in total. The topological polar surface area (TPSA) is 71.6 Å². The lowest BCUT2D eigenvalue weighted by molar-refractivity contribution is -0.184. The van der Waals surface area contributed by atoms with Crippen LogP contribution in [-0.4, -0.2) is 44.9 Å². The van der Waals surface area contributed by atoms with E-state index in [1.165, 1.54) is 12.8 Å². The minimum absolute atomic E-state index is 0.0141. The lowest BCUT2D eigenvalue weighted by atomic mass is 9.81. The van der Waals surface area contributed by atoms with Gasteiger partial charge in [-0.1, -0.05) is 35.5 Å². The lowest BCUT2D eigenvalue weighted by Gasteiger charge is -2.48. The van der Waals surface area contributed by atoms with E-state index in [-0.39, 0.29) is 17.8 Å². The Balaban J connectivity index is 1.21. The van der Waals surface area contributed by atoms with E-state index in [2.05, 4.69) is 27.2 Å². The summed E-state index contributed by atoms with van der Waals surface area (Å²) in [5.41, 5.74) is 0.947. The molecular weight excluding hydrogens is 342 g/mol. The minimum atomic E-state index is -0.297. The van der Waals surface area contributed by atoms with Crippen LogP contribution in [0.25, 0.3) is 0 Å². The van der Waals surface area contributed by atoms with Crippen LogP contribution in [0, 0.1) is 0 Å². The van der Waals surface area contributed by atoms with Gasteiger partial charge in [0.1, 0.15) is 0 Å². The van der Waals surface area contributed by atoms with E-state index < -0.39 is 0 Å². The third-order valence-corrected chi connectivity index (χ3v) is 6.20. The van der Waals surface area contributed by atoms with Crippen molar-refractivity contribution in [3.05, 3.63) is 47.6 Å². The average molecular weight is 369 g/mol. The van der Waals surface area contributed by atoms with E-state index in [1.54, 1.807) is 0 Å². The largest absolute Gasteiger partial charge is 0.393 e. The summed E-state index contributed by atoms with van der Waals surface area (Å²) in [6.45, 7) is 2.60. The molecule has 1 spiro atoms. The van der Waals surface area contributed by atoms with E-state index in [9.17, 15) is 5.11 Å². The van der Waals surface area contributed by atoms with Crippen molar-refractivity contribution >= 4 is 0 Å². The smallest absolute Gasteiger partial charge is 0.229 e. The number of nitrogens with zero attached hydrogens (tertiary/aromatic N) is 3. The Labute approximate surface area is 159 Å². The van der Waals surface area contributed by atoms with Crippen molar-refractivity contribution in [2.24, 2.45) is 0 Å². The summed E-state index contributed by atoms with van der Waals surface area (Å²) in [6.07, 6.45) is 5.32. The van der Waals surface area contributed by atoms with Crippen molar-refractivity contribution in [1.82, 2.24) is 15.0 Å². The van der Waals surface area contributed by atoms with Crippen molar-refractivity contribution in [2.75, 3.05) is 13.1 Å². The third-order valence-electron chi connectivity index (χ3n) is 6.20. The maximum Gasteiger partial charge on any atom is 0.229 e. The van der Waals surface area contributed by atoms with Gasteiger partial charge in [0.25, 0.3) is 0 Å². The third kappa shape index (κ3) is 3.79. The van der Waals surface area contributed by atoms with E-state index >= 15 is 0 Å². The standard InChI is InChI=1S/C21H27N3O3/c25-17-12-18(15-4-2-1-3-5-15)26-21(13-17)8-10-24(11-9-21)14-19-22-20(27-23-19)16-6-7-16/h1-5,16-18,25H,6-14H2/t17-,18-/m1/s1. The highest BCUT2D eigenvalue weighted by Crippen LogP contribution is 2.43. The highest BCUT2D eigenvalue weighted by molar-refractivity contribution is 5.19. The summed E-state index contributed by atoms with van der Waals surface area (Å²) >= 11 is 0. The van der Waals surface area contributed by atoms with Crippen LogP contribution in [0.3, 0.4) is 0 Å². The van der Waals surface area contributed by atoms with Gasteiger partial charge in [0, 0.05) is 31.8 Å². The van der Waals surface area contributed by atoms with Gasteiger partial charge in [-0.25, -0.2) is 0 Å². The fourth-order valence-electron chi connectivity index (χ4n) is 4.50. The number of aromatic nitrogens is 2. The van der Waals surface area contributed by atoms with E-state index in [4.69, 9.17) is 9.26 Å². The van der Waals surface area contributed by atoms with E-state index in [0.29, 0.717) is 12.3 Å². The van der Waals surface area contributed by atoms with Crippen LogP contribution in [0.15, 0.2) is 34.9 Å². The van der Waals surface area contributed by atoms with Gasteiger partial charge in [0.05, 0.1) is 24.4 Å². The second-order valence-corrected chi connectivity index (χ2v) is 8.39. The lowest BCUT2D eigenvalue weighted by Crippen LogP contribution is -2.50. The molecule has 2 saturated heterocycles. The zero-order chi connectivity index (χ0) is 18.3. The maximum absolute atomic E-state index is 10.5. The number of ether oxygens (including phenoxy) is 1. The van der Waals surface area contributed by atoms with Crippen molar-refractivity contribution in [1.29, 1.82) is 0 Å². The zero-order valence-corrected chi connectivity index (χ0v) is 15.6. The van der Waals surface area contributed by atoms with Crippen molar-refractivity contribution in [3.8, 4) is 0 Å². The fraction of sp³-hybridized carbons (Fsp3) is 0.619. The Bertz CT molecular complexity index is 766. The molecule has 1 aromatic heterocycles. The molecule has 1 aliphatic carbocycles. The van der Waals surface area contributed by atoms with Gasteiger partial charge < -0.3 is 14.4 Å². The molecular formula is C21H27N3O3. The Hall–Kier alpha value is -1.76. The molecule has 3 fully saturated rings. The van der Waals surface area contributed by atoms with Gasteiger partial charge in [0.15, 0.2) is 5.82 Å². The van der Waals surface area contributed by atoms with Crippen LogP contribution in [-0.2, 0) is 11.3 Å². The summed E-state index contributed by atoms with van der Waals surface area (Å²) < 4.78 is 11.9. The molecule has 0 unspecified atom stereocenters. The molecule has 0 amide bonds. The van der Waals surface area contributed by atoms with Gasteiger partial charge >= 0.3 is 0 Å². The van der Waals surface area contributed by atoms with Gasteiger partial charge in [-0.3, -0.25) is 4.90 Å². The van der Waals surface area contributed by atoms with Crippen molar-refractivity contribution in [2.45, 2.75) is 68.8 Å². The highest BCUT2D eigenvalue weighted by atomic mass is 16.5. The van der Waals surface area contributed by atoms with E-state index in [1.807, 2.05) is 18.2 Å².